The molecular weight excluding hydrogens is 384 g/mol. The fourth-order valence-electron chi connectivity index (χ4n) is 0.265. The summed E-state index contributed by atoms with van der Waals surface area (Å²) in [5, 5.41) is 51.5. The SMILES string of the molecule is N#[C][Fe-4]([C]#N)([C]#N)([C]#N)([C]#N)[C]#N.O.[K+].[K+].[K+].[K+]. The van der Waals surface area contributed by atoms with E-state index in [1.54, 1.807) is 0 Å². The van der Waals surface area contributed by atoms with Crippen molar-refractivity contribution >= 4 is 0 Å². The third-order valence-corrected chi connectivity index (χ3v) is 4.89. The second kappa shape index (κ2) is 13.4. The van der Waals surface area contributed by atoms with E-state index in [1.165, 1.54) is 0 Å². The minimum absolute atomic E-state index is 0. The van der Waals surface area contributed by atoms with Crippen LogP contribution < -0.4 is 206 Å². The molecule has 0 radical (unpaired) electrons. The third kappa shape index (κ3) is 6.22. The van der Waals surface area contributed by atoms with E-state index in [0.717, 1.165) is 29.8 Å². The first-order valence-electron chi connectivity index (χ1n) is 2.40. The molecule has 0 spiro atoms. The molecule has 0 aromatic heterocycles. The van der Waals surface area contributed by atoms with Crippen molar-refractivity contribution in [3.05, 3.63) is 0 Å². The van der Waals surface area contributed by atoms with Crippen LogP contribution in [0, 0.1) is 61.4 Å². The van der Waals surface area contributed by atoms with E-state index in [9.17, 15) is 0 Å². The summed E-state index contributed by atoms with van der Waals surface area (Å²) in [6.45, 7) is 0. The Bertz CT molecular complexity index is 406. The number of rotatable bonds is 0. The number of hydrogen-bond donors (Lipinski definition) is 0. The van der Waals surface area contributed by atoms with E-state index in [0.29, 0.717) is 0 Å². The van der Waals surface area contributed by atoms with Crippen molar-refractivity contribution in [1.29, 1.82) is 31.6 Å². The Morgan fingerprint density at radius 2 is 0.556 bits per heavy atom. The summed E-state index contributed by atoms with van der Waals surface area (Å²) in [7, 11) is -6.17. The number of nitrogens with zero attached hydrogens (tertiary/aromatic N) is 6. The van der Waals surface area contributed by atoms with Gasteiger partial charge in [-0.25, -0.2) is 0 Å². The van der Waals surface area contributed by atoms with Crippen LogP contribution in [-0.2, 0) is 10.7 Å². The van der Waals surface area contributed by atoms with Gasteiger partial charge >= 0.3 is 278 Å². The Morgan fingerprint density at radius 3 is 0.556 bits per heavy atom. The maximum atomic E-state index is 8.58. The van der Waals surface area contributed by atoms with Crippen LogP contribution in [0.3, 0.4) is 0 Å². The van der Waals surface area contributed by atoms with Gasteiger partial charge in [0.1, 0.15) is 0 Å². The van der Waals surface area contributed by atoms with Gasteiger partial charge in [0, 0.05) is 0 Å². The first-order chi connectivity index (χ1) is 5.97. The number of hydrogen-bond acceptors (Lipinski definition) is 6. The largest absolute Gasteiger partial charge is 1.00 e. The smallest absolute Gasteiger partial charge is 0.412 e. The molecular formula is C6H2FeK4N6O. The summed E-state index contributed by atoms with van der Waals surface area (Å²) in [6, 6.07) is 0. The first-order valence-corrected chi connectivity index (χ1v) is 5.71. The van der Waals surface area contributed by atoms with Crippen LogP contribution in [-0.4, -0.2) is 5.48 Å². The quantitative estimate of drug-likeness (QED) is 0.373. The fourth-order valence-corrected chi connectivity index (χ4v) is 1.09. The zero-order valence-electron chi connectivity index (χ0n) is 10.5. The van der Waals surface area contributed by atoms with Gasteiger partial charge in [-0.05, 0) is 0 Å². The maximum Gasteiger partial charge on any atom is 1.00 e. The molecule has 0 saturated carbocycles. The van der Waals surface area contributed by atoms with Crippen molar-refractivity contribution in [2.24, 2.45) is 0 Å². The predicted octanol–water partition coefficient (Wildman–Crippen LogP) is -12.7. The minimum atomic E-state index is -6.17. The van der Waals surface area contributed by atoms with E-state index < -0.39 is 10.7 Å². The first kappa shape index (κ1) is 37.9. The summed E-state index contributed by atoms with van der Waals surface area (Å²) in [4.78, 5) is 6.19. The van der Waals surface area contributed by atoms with Gasteiger partial charge in [-0.2, -0.15) is 0 Å². The van der Waals surface area contributed by atoms with E-state index in [2.05, 4.69) is 0 Å². The normalized spacial score (nSPS) is 9.67. The molecule has 0 amide bonds. The molecule has 0 bridgehead atoms. The Labute approximate surface area is 274 Å². The second-order valence-corrected chi connectivity index (χ2v) is 7.42. The fraction of sp³-hybridized carbons (Fsp3) is 0. The van der Waals surface area contributed by atoms with Gasteiger partial charge < -0.3 is 5.48 Å². The van der Waals surface area contributed by atoms with Gasteiger partial charge in [0.25, 0.3) is 0 Å². The van der Waals surface area contributed by atoms with Crippen molar-refractivity contribution in [2.75, 3.05) is 0 Å². The van der Waals surface area contributed by atoms with E-state index >= 15 is 0 Å². The Hall–Kier alpha value is 3.96. The summed E-state index contributed by atoms with van der Waals surface area (Å²) < 4.78 is 0. The zero-order chi connectivity index (χ0) is 10.7. The molecule has 0 fully saturated rings. The molecule has 0 aromatic rings. The standard InChI is InChI=1S/6CN.Fe.4K.H2O/c6*1-2;;;;;;/h;;;;;;;;;;;1H2/q;;;;;;-4;4*+1;. The molecule has 74 valence electrons. The minimum Gasteiger partial charge on any atom is -0.412 e. The zero-order valence-corrected chi connectivity index (χ0v) is 24.1. The Morgan fingerprint density at radius 1 is 0.444 bits per heavy atom. The summed E-state index contributed by atoms with van der Waals surface area (Å²) in [5.41, 5.74) is 0. The van der Waals surface area contributed by atoms with Crippen molar-refractivity contribution in [3.63, 3.8) is 0 Å². The van der Waals surface area contributed by atoms with Crippen molar-refractivity contribution in [3.8, 4) is 29.8 Å². The van der Waals surface area contributed by atoms with E-state index in [1.807, 2.05) is 0 Å². The topological polar surface area (TPSA) is 174 Å². The average molecular weight is 386 g/mol. The van der Waals surface area contributed by atoms with Gasteiger partial charge in [-0.3, -0.25) is 0 Å². The van der Waals surface area contributed by atoms with Crippen molar-refractivity contribution in [2.45, 2.75) is 0 Å². The van der Waals surface area contributed by atoms with E-state index in [4.69, 9.17) is 31.6 Å². The van der Waals surface area contributed by atoms with Gasteiger partial charge in [0.05, 0.1) is 0 Å². The molecule has 0 heterocycles. The van der Waals surface area contributed by atoms with Gasteiger partial charge in [0.2, 0.25) is 0 Å². The van der Waals surface area contributed by atoms with Gasteiger partial charge in [-0.1, -0.05) is 0 Å². The molecule has 18 heavy (non-hydrogen) atoms. The predicted molar refractivity (Wildman–Crippen MR) is 37.3 cm³/mol. The molecule has 0 atom stereocenters. The van der Waals surface area contributed by atoms with Crippen LogP contribution in [0.15, 0.2) is 0 Å². The van der Waals surface area contributed by atoms with Gasteiger partial charge in [0.15, 0.2) is 0 Å². The van der Waals surface area contributed by atoms with Crippen LogP contribution in [0.5, 0.6) is 0 Å². The molecule has 0 aromatic carbocycles. The van der Waals surface area contributed by atoms with Crippen molar-refractivity contribution < 1.29 is 222 Å². The summed E-state index contributed by atoms with van der Waals surface area (Å²) in [5.74, 6) is 0. The maximum absolute atomic E-state index is 8.58. The third-order valence-electron chi connectivity index (χ3n) is 1.19. The van der Waals surface area contributed by atoms with Gasteiger partial charge in [-0.15, -0.1) is 0 Å². The Kier molecular flexibility index (Phi) is 28.2. The van der Waals surface area contributed by atoms with Crippen LogP contribution in [0.4, 0.5) is 0 Å². The molecule has 0 rings (SSSR count). The molecule has 0 aliphatic heterocycles. The molecule has 0 aliphatic rings. The molecule has 0 aliphatic carbocycles. The monoisotopic (exact) mass is 386 g/mol. The van der Waals surface area contributed by atoms with Crippen LogP contribution in [0.1, 0.15) is 0 Å². The van der Waals surface area contributed by atoms with Crippen LogP contribution >= 0.6 is 0 Å². The Balaban J connectivity index is -0.0000000720. The van der Waals surface area contributed by atoms with E-state index in [-0.39, 0.29) is 211 Å². The van der Waals surface area contributed by atoms with Crippen molar-refractivity contribution in [1.82, 2.24) is 0 Å². The molecule has 0 saturated heterocycles. The molecule has 12 heteroatoms. The van der Waals surface area contributed by atoms with Crippen LogP contribution in [0.25, 0.3) is 0 Å². The van der Waals surface area contributed by atoms with Crippen LogP contribution in [0.2, 0.25) is 0 Å². The molecule has 0 unspecified atom stereocenters. The molecule has 7 nitrogen and oxygen atoms in total. The second-order valence-electron chi connectivity index (χ2n) is 1.80. The summed E-state index contributed by atoms with van der Waals surface area (Å²) in [6.07, 6.45) is 0. The number of nitriles is 6. The molecule has 2 N–H and O–H groups in total. The summed E-state index contributed by atoms with van der Waals surface area (Å²) >= 11 is 0. The average Bonchev–Trinajstić information content (AvgIpc) is 2.26.